The zero-order valence-corrected chi connectivity index (χ0v) is 11.8. The number of hydrogen-bond donors (Lipinski definition) is 1. The molecule has 0 aliphatic heterocycles. The van der Waals surface area contributed by atoms with E-state index >= 15 is 0 Å². The first kappa shape index (κ1) is 18.0. The lowest BCUT2D eigenvalue weighted by Gasteiger charge is -2.18. The number of carboxylic acid groups (broad SMARTS) is 1. The first-order valence-electron chi connectivity index (χ1n) is 6.89. The number of amides is 1. The van der Waals surface area contributed by atoms with Gasteiger partial charge in [-0.25, -0.2) is 14.9 Å². The van der Waals surface area contributed by atoms with E-state index in [4.69, 9.17) is 10.4 Å². The molecule has 0 heterocycles. The summed E-state index contributed by atoms with van der Waals surface area (Å²) >= 11 is 0. The third-order valence-electron chi connectivity index (χ3n) is 2.92. The number of nitro groups is 1. The second kappa shape index (κ2) is 10.8. The van der Waals surface area contributed by atoms with Crippen LogP contribution in [0.15, 0.2) is 0 Å². The van der Waals surface area contributed by atoms with Gasteiger partial charge in [0.2, 0.25) is 0 Å². The van der Waals surface area contributed by atoms with Gasteiger partial charge in [-0.05, 0) is 6.42 Å². The number of unbranched alkanes of at least 4 members (excludes halogenated alkanes) is 7. The average molecular weight is 286 g/mol. The quantitative estimate of drug-likeness (QED) is 0.205. The Morgan fingerprint density at radius 1 is 1.20 bits per heavy atom. The molecule has 0 saturated heterocycles. The van der Waals surface area contributed by atoms with E-state index in [9.17, 15) is 14.9 Å². The fourth-order valence-electron chi connectivity index (χ4n) is 1.85. The molecule has 0 bridgehead atoms. The van der Waals surface area contributed by atoms with Gasteiger partial charge in [-0.2, -0.15) is 10.3 Å². The highest BCUT2D eigenvalue weighted by Crippen LogP contribution is 2.09. The minimum atomic E-state index is -1.49. The van der Waals surface area contributed by atoms with E-state index in [0.717, 1.165) is 25.7 Å². The Hall–Kier alpha value is -2.04. The van der Waals surface area contributed by atoms with Crippen LogP contribution in [-0.2, 0) is 0 Å². The fraction of sp³-hybridized carbons (Fsp3) is 0.833. The van der Waals surface area contributed by atoms with Crippen molar-refractivity contribution in [2.75, 3.05) is 6.54 Å². The van der Waals surface area contributed by atoms with Crippen LogP contribution >= 0.6 is 0 Å². The topological polar surface area (TPSA) is 111 Å². The SMILES string of the molecule is CCCCCCCCCCN(C(=O)O)N(C#N)[N+](=O)[O-]. The monoisotopic (exact) mass is 286 g/mol. The van der Waals surface area contributed by atoms with Gasteiger partial charge in [0.05, 0.1) is 11.7 Å². The lowest BCUT2D eigenvalue weighted by molar-refractivity contribution is -0.673. The fourth-order valence-corrected chi connectivity index (χ4v) is 1.85. The minimum absolute atomic E-state index is 0.0428. The van der Waals surface area contributed by atoms with Gasteiger partial charge in [0, 0.05) is 0 Å². The maximum Gasteiger partial charge on any atom is 0.431 e. The number of hydrazine groups is 2. The molecule has 0 saturated carbocycles. The molecule has 8 heteroatoms. The van der Waals surface area contributed by atoms with E-state index < -0.39 is 11.1 Å². The normalized spacial score (nSPS) is 9.80. The van der Waals surface area contributed by atoms with Crippen molar-refractivity contribution in [1.82, 2.24) is 10.1 Å². The van der Waals surface area contributed by atoms with Crippen molar-refractivity contribution in [1.29, 1.82) is 5.26 Å². The molecule has 1 amide bonds. The van der Waals surface area contributed by atoms with E-state index in [0.29, 0.717) is 11.4 Å². The summed E-state index contributed by atoms with van der Waals surface area (Å²) in [5.41, 5.74) is 0. The van der Waals surface area contributed by atoms with E-state index in [-0.39, 0.29) is 11.7 Å². The molecule has 1 N–H and O–H groups in total. The number of hydrogen-bond acceptors (Lipinski definition) is 4. The van der Waals surface area contributed by atoms with Crippen molar-refractivity contribution in [2.24, 2.45) is 0 Å². The standard InChI is InChI=1S/C12H22N4O4/c1-2-3-4-5-6-7-8-9-10-14(12(17)18)15(11-13)16(19)20/h2-10H2,1H3,(H,17,18). The van der Waals surface area contributed by atoms with Crippen LogP contribution in [0.1, 0.15) is 58.3 Å². The van der Waals surface area contributed by atoms with E-state index in [2.05, 4.69) is 6.92 Å². The molecule has 20 heavy (non-hydrogen) atoms. The Bertz CT molecular complexity index is 343. The molecule has 0 radical (unpaired) electrons. The molecule has 0 rings (SSSR count). The Balaban J connectivity index is 3.91. The predicted molar refractivity (Wildman–Crippen MR) is 71.8 cm³/mol. The Morgan fingerprint density at radius 2 is 1.70 bits per heavy atom. The van der Waals surface area contributed by atoms with Gasteiger partial charge in [0.15, 0.2) is 5.03 Å². The Kier molecular flexibility index (Phi) is 9.74. The molecule has 0 spiro atoms. The van der Waals surface area contributed by atoms with Crippen molar-refractivity contribution in [3.8, 4) is 6.19 Å². The summed E-state index contributed by atoms with van der Waals surface area (Å²) in [6, 6.07) is 0. The van der Waals surface area contributed by atoms with Crippen LogP contribution in [-0.4, -0.2) is 32.9 Å². The number of nitrogens with zero attached hydrogens (tertiary/aromatic N) is 4. The zero-order chi connectivity index (χ0) is 15.4. The van der Waals surface area contributed by atoms with Crippen LogP contribution in [0.5, 0.6) is 0 Å². The highest BCUT2D eigenvalue weighted by atomic mass is 16.7. The van der Waals surface area contributed by atoms with Crippen LogP contribution in [0.4, 0.5) is 4.79 Å². The minimum Gasteiger partial charge on any atom is -0.464 e. The highest BCUT2D eigenvalue weighted by Gasteiger charge is 2.28. The molecule has 0 aromatic rings. The van der Waals surface area contributed by atoms with Gasteiger partial charge in [-0.1, -0.05) is 51.9 Å². The van der Waals surface area contributed by atoms with Gasteiger partial charge < -0.3 is 5.11 Å². The molecular weight excluding hydrogens is 264 g/mol. The number of rotatable bonds is 11. The van der Waals surface area contributed by atoms with E-state index in [1.165, 1.54) is 25.5 Å². The molecule has 0 aromatic heterocycles. The summed E-state index contributed by atoms with van der Waals surface area (Å²) < 4.78 is 0. The smallest absolute Gasteiger partial charge is 0.431 e. The first-order valence-corrected chi connectivity index (χ1v) is 6.89. The van der Waals surface area contributed by atoms with E-state index in [1.54, 1.807) is 0 Å². The largest absolute Gasteiger partial charge is 0.464 e. The summed E-state index contributed by atoms with van der Waals surface area (Å²) in [6.45, 7) is 2.11. The zero-order valence-electron chi connectivity index (χ0n) is 11.8. The van der Waals surface area contributed by atoms with Crippen molar-refractivity contribution < 1.29 is 14.9 Å². The maximum absolute atomic E-state index is 10.9. The van der Waals surface area contributed by atoms with Crippen LogP contribution in [0.25, 0.3) is 0 Å². The van der Waals surface area contributed by atoms with Crippen molar-refractivity contribution >= 4 is 6.09 Å². The summed E-state index contributed by atoms with van der Waals surface area (Å²) in [4.78, 5) is 21.4. The lowest BCUT2D eigenvalue weighted by Crippen LogP contribution is -2.46. The maximum atomic E-state index is 10.9. The van der Waals surface area contributed by atoms with Crippen LogP contribution in [0.2, 0.25) is 0 Å². The third-order valence-corrected chi connectivity index (χ3v) is 2.92. The van der Waals surface area contributed by atoms with Crippen molar-refractivity contribution in [3.05, 3.63) is 10.1 Å². The highest BCUT2D eigenvalue weighted by molar-refractivity contribution is 5.64. The molecule has 0 aromatic carbocycles. The van der Waals surface area contributed by atoms with Gasteiger partial charge in [0.25, 0.3) is 6.19 Å². The second-order valence-corrected chi connectivity index (χ2v) is 4.51. The number of nitriles is 1. The molecule has 0 fully saturated rings. The summed E-state index contributed by atoms with van der Waals surface area (Å²) in [5.74, 6) is 0. The molecule has 0 aliphatic rings. The summed E-state index contributed by atoms with van der Waals surface area (Å²) in [6.07, 6.45) is 7.90. The van der Waals surface area contributed by atoms with Crippen LogP contribution in [0.3, 0.4) is 0 Å². The molecular formula is C12H22N4O4. The average Bonchev–Trinajstić information content (AvgIpc) is 2.39. The second-order valence-electron chi connectivity index (χ2n) is 4.51. The van der Waals surface area contributed by atoms with Gasteiger partial charge >= 0.3 is 6.09 Å². The van der Waals surface area contributed by atoms with E-state index in [1.807, 2.05) is 0 Å². The summed E-state index contributed by atoms with van der Waals surface area (Å²) in [5, 5.41) is 27.3. The predicted octanol–water partition coefficient (Wildman–Crippen LogP) is 3.00. The summed E-state index contributed by atoms with van der Waals surface area (Å²) in [7, 11) is 0. The van der Waals surface area contributed by atoms with Crippen molar-refractivity contribution in [2.45, 2.75) is 58.3 Å². The van der Waals surface area contributed by atoms with Crippen LogP contribution < -0.4 is 0 Å². The molecule has 0 atom stereocenters. The first-order chi connectivity index (χ1) is 9.54. The molecule has 0 aliphatic carbocycles. The molecule has 114 valence electrons. The molecule has 0 unspecified atom stereocenters. The number of carbonyl (C=O) groups is 1. The lowest BCUT2D eigenvalue weighted by atomic mass is 10.1. The third kappa shape index (κ3) is 7.41. The Labute approximate surface area is 118 Å². The van der Waals surface area contributed by atoms with Gasteiger partial charge in [-0.15, -0.1) is 0 Å². The van der Waals surface area contributed by atoms with Gasteiger partial charge in [0.1, 0.15) is 0 Å². The van der Waals surface area contributed by atoms with Gasteiger partial charge in [-0.3, -0.25) is 0 Å². The Morgan fingerprint density at radius 3 is 2.10 bits per heavy atom. The van der Waals surface area contributed by atoms with Crippen molar-refractivity contribution in [3.63, 3.8) is 0 Å². The molecule has 8 nitrogen and oxygen atoms in total. The van der Waals surface area contributed by atoms with Crippen LogP contribution in [0, 0.1) is 21.6 Å².